The summed E-state index contributed by atoms with van der Waals surface area (Å²) in [4.78, 5) is 37.8. The molecule has 4 rings (SSSR count). The molecule has 1 aliphatic rings. The summed E-state index contributed by atoms with van der Waals surface area (Å²) in [7, 11) is 0. The van der Waals surface area contributed by atoms with Gasteiger partial charge in [0.2, 0.25) is 5.91 Å². The summed E-state index contributed by atoms with van der Waals surface area (Å²) in [6.45, 7) is 3.79. The number of carbonyl (C=O) groups excluding carboxylic acids is 2. The molecule has 0 aromatic heterocycles. The lowest BCUT2D eigenvalue weighted by atomic mass is 9.98. The number of carboxylic acid groups (broad SMARTS) is 1. The van der Waals surface area contributed by atoms with E-state index in [1.54, 1.807) is 6.92 Å². The second-order valence-electron chi connectivity index (χ2n) is 9.64. The fraction of sp³-hybridized carbons (Fsp3) is 0.323. The molecule has 0 saturated carbocycles. The summed E-state index contributed by atoms with van der Waals surface area (Å²) in [5, 5.41) is 14.9. The Morgan fingerprint density at radius 2 is 1.46 bits per heavy atom. The highest BCUT2D eigenvalue weighted by atomic mass is 16.5. The SMILES string of the molecule is CCC[C@H](NC(=O)OCC1c2ccccc2-c2ccccc21)C(=O)N[C@@H](C(=O)O)[C@H](C)OCc1ccccc1. The Morgan fingerprint density at radius 3 is 2.05 bits per heavy atom. The predicted molar refractivity (Wildman–Crippen MR) is 147 cm³/mol. The van der Waals surface area contributed by atoms with Gasteiger partial charge in [0.05, 0.1) is 12.7 Å². The molecule has 0 heterocycles. The maximum absolute atomic E-state index is 13.0. The van der Waals surface area contributed by atoms with Crippen molar-refractivity contribution in [1.29, 1.82) is 0 Å². The normalized spacial score (nSPS) is 14.4. The Bertz CT molecular complexity index is 1250. The van der Waals surface area contributed by atoms with Crippen LogP contribution in [0.15, 0.2) is 78.9 Å². The van der Waals surface area contributed by atoms with Crippen molar-refractivity contribution in [2.75, 3.05) is 6.61 Å². The smallest absolute Gasteiger partial charge is 0.407 e. The Balaban J connectivity index is 1.35. The van der Waals surface area contributed by atoms with Gasteiger partial charge in [0.15, 0.2) is 6.04 Å². The Kier molecular flexibility index (Phi) is 9.33. The van der Waals surface area contributed by atoms with Crippen LogP contribution in [0.3, 0.4) is 0 Å². The average molecular weight is 531 g/mol. The lowest BCUT2D eigenvalue weighted by Crippen LogP contribution is -2.55. The minimum atomic E-state index is -1.29. The quantitative estimate of drug-likeness (QED) is 0.308. The van der Waals surface area contributed by atoms with E-state index in [1.165, 1.54) is 0 Å². The summed E-state index contributed by atoms with van der Waals surface area (Å²) in [5.74, 6) is -1.94. The summed E-state index contributed by atoms with van der Waals surface area (Å²) in [6.07, 6.45) is -0.615. The third kappa shape index (κ3) is 6.83. The number of nitrogens with one attached hydrogen (secondary N) is 2. The van der Waals surface area contributed by atoms with Crippen molar-refractivity contribution < 1.29 is 29.0 Å². The van der Waals surface area contributed by atoms with Gasteiger partial charge in [0.1, 0.15) is 12.6 Å². The van der Waals surface area contributed by atoms with Gasteiger partial charge >= 0.3 is 12.1 Å². The van der Waals surface area contributed by atoms with E-state index in [1.807, 2.05) is 73.7 Å². The molecule has 0 unspecified atom stereocenters. The molecule has 0 aliphatic heterocycles. The van der Waals surface area contributed by atoms with Crippen molar-refractivity contribution in [1.82, 2.24) is 10.6 Å². The van der Waals surface area contributed by atoms with E-state index in [0.717, 1.165) is 27.8 Å². The molecule has 3 N–H and O–H groups in total. The molecule has 3 aromatic carbocycles. The van der Waals surface area contributed by atoms with Gasteiger partial charge in [-0.05, 0) is 41.2 Å². The molecule has 8 heteroatoms. The molecule has 3 atom stereocenters. The van der Waals surface area contributed by atoms with Crippen LogP contribution in [0.25, 0.3) is 11.1 Å². The highest BCUT2D eigenvalue weighted by molar-refractivity contribution is 5.89. The van der Waals surface area contributed by atoms with Crippen molar-refractivity contribution in [3.05, 3.63) is 95.6 Å². The molecule has 1 aliphatic carbocycles. The lowest BCUT2D eigenvalue weighted by Gasteiger charge is -2.25. The van der Waals surface area contributed by atoms with E-state index in [2.05, 4.69) is 22.8 Å². The zero-order valence-corrected chi connectivity index (χ0v) is 22.1. The molecule has 204 valence electrons. The summed E-state index contributed by atoms with van der Waals surface area (Å²) in [5.41, 5.74) is 5.30. The van der Waals surface area contributed by atoms with Crippen LogP contribution in [0.4, 0.5) is 4.79 Å². The van der Waals surface area contributed by atoms with Crippen LogP contribution in [-0.2, 0) is 25.7 Å². The van der Waals surface area contributed by atoms with Gasteiger partial charge in [-0.1, -0.05) is 92.2 Å². The average Bonchev–Trinajstić information content (AvgIpc) is 3.27. The van der Waals surface area contributed by atoms with Crippen molar-refractivity contribution >= 4 is 18.0 Å². The van der Waals surface area contributed by atoms with Gasteiger partial charge < -0.3 is 25.2 Å². The lowest BCUT2D eigenvalue weighted by molar-refractivity contribution is -0.146. The number of benzene rings is 3. The first-order valence-electron chi connectivity index (χ1n) is 13.2. The fourth-order valence-electron chi connectivity index (χ4n) is 4.87. The van der Waals surface area contributed by atoms with E-state index in [0.29, 0.717) is 12.8 Å². The van der Waals surface area contributed by atoms with Crippen LogP contribution in [0.2, 0.25) is 0 Å². The third-order valence-corrected chi connectivity index (χ3v) is 6.92. The first-order valence-corrected chi connectivity index (χ1v) is 13.2. The van der Waals surface area contributed by atoms with Crippen LogP contribution in [-0.4, -0.2) is 47.9 Å². The van der Waals surface area contributed by atoms with Gasteiger partial charge in [-0.25, -0.2) is 9.59 Å². The molecule has 0 saturated heterocycles. The van der Waals surface area contributed by atoms with Gasteiger partial charge in [0, 0.05) is 5.92 Å². The van der Waals surface area contributed by atoms with Gasteiger partial charge in [-0.15, -0.1) is 0 Å². The van der Waals surface area contributed by atoms with E-state index in [4.69, 9.17) is 9.47 Å². The molecule has 8 nitrogen and oxygen atoms in total. The molecule has 2 amide bonds. The number of alkyl carbamates (subject to hydrolysis) is 1. The van der Waals surface area contributed by atoms with Crippen LogP contribution in [0.5, 0.6) is 0 Å². The van der Waals surface area contributed by atoms with Crippen LogP contribution < -0.4 is 10.6 Å². The molecule has 0 fully saturated rings. The molecular formula is C31H34N2O6. The largest absolute Gasteiger partial charge is 0.480 e. The zero-order valence-electron chi connectivity index (χ0n) is 22.1. The van der Waals surface area contributed by atoms with Crippen molar-refractivity contribution in [3.8, 4) is 11.1 Å². The first-order chi connectivity index (χ1) is 18.9. The fourth-order valence-corrected chi connectivity index (χ4v) is 4.87. The molecule has 0 bridgehead atoms. The van der Waals surface area contributed by atoms with E-state index < -0.39 is 36.2 Å². The molecule has 0 radical (unpaired) electrons. The Labute approximate surface area is 228 Å². The van der Waals surface area contributed by atoms with Gasteiger partial charge in [-0.2, -0.15) is 0 Å². The van der Waals surface area contributed by atoms with E-state index in [-0.39, 0.29) is 19.1 Å². The van der Waals surface area contributed by atoms with E-state index in [9.17, 15) is 19.5 Å². The van der Waals surface area contributed by atoms with Crippen LogP contribution in [0.1, 0.15) is 49.3 Å². The minimum Gasteiger partial charge on any atom is -0.480 e. The monoisotopic (exact) mass is 530 g/mol. The second-order valence-corrected chi connectivity index (χ2v) is 9.64. The Hall–Kier alpha value is -4.17. The number of rotatable bonds is 12. The molecule has 39 heavy (non-hydrogen) atoms. The van der Waals surface area contributed by atoms with Gasteiger partial charge in [0.25, 0.3) is 0 Å². The number of carboxylic acids is 1. The molecule has 0 spiro atoms. The maximum atomic E-state index is 13.0. The van der Waals surface area contributed by atoms with Crippen LogP contribution >= 0.6 is 0 Å². The van der Waals surface area contributed by atoms with E-state index >= 15 is 0 Å². The highest BCUT2D eigenvalue weighted by Gasteiger charge is 2.32. The summed E-state index contributed by atoms with van der Waals surface area (Å²) < 4.78 is 11.3. The topological polar surface area (TPSA) is 114 Å². The second kappa shape index (κ2) is 13.1. The predicted octanol–water partition coefficient (Wildman–Crippen LogP) is 4.87. The van der Waals surface area contributed by atoms with Gasteiger partial charge in [-0.3, -0.25) is 4.79 Å². The molecular weight excluding hydrogens is 496 g/mol. The van der Waals surface area contributed by atoms with Crippen molar-refractivity contribution in [2.45, 2.75) is 57.4 Å². The molecule has 3 aromatic rings. The maximum Gasteiger partial charge on any atom is 0.407 e. The number of hydrogen-bond donors (Lipinski definition) is 3. The number of amides is 2. The standard InChI is InChI=1S/C31H34N2O6/c1-3-11-27(29(34)33-28(30(35)36)20(2)38-18-21-12-5-4-6-13-21)32-31(37)39-19-26-24-16-9-7-14-22(24)23-15-8-10-17-25(23)26/h4-10,12-17,20,26-28H,3,11,18-19H2,1-2H3,(H,32,37)(H,33,34)(H,35,36)/t20-,27-,28+/m0/s1. The first kappa shape index (κ1) is 27.9. The third-order valence-electron chi connectivity index (χ3n) is 6.92. The number of aliphatic carboxylic acids is 1. The zero-order chi connectivity index (χ0) is 27.8. The number of hydrogen-bond acceptors (Lipinski definition) is 5. The number of carbonyl (C=O) groups is 3. The highest BCUT2D eigenvalue weighted by Crippen LogP contribution is 2.44. The number of fused-ring (bicyclic) bond motifs is 3. The Morgan fingerprint density at radius 1 is 0.872 bits per heavy atom. The van der Waals surface area contributed by atoms with Crippen molar-refractivity contribution in [3.63, 3.8) is 0 Å². The number of ether oxygens (including phenoxy) is 2. The van der Waals surface area contributed by atoms with Crippen LogP contribution in [0, 0.1) is 0 Å². The summed E-state index contributed by atoms with van der Waals surface area (Å²) in [6, 6.07) is 23.2. The minimum absolute atomic E-state index is 0.111. The van der Waals surface area contributed by atoms with Crippen molar-refractivity contribution in [2.24, 2.45) is 0 Å². The summed E-state index contributed by atoms with van der Waals surface area (Å²) >= 11 is 0.